The predicted octanol–water partition coefficient (Wildman–Crippen LogP) is 4.61. The highest BCUT2D eigenvalue weighted by molar-refractivity contribution is 7.92. The molecule has 0 unspecified atom stereocenters. The molecule has 0 radical (unpaired) electrons. The molecule has 0 spiro atoms. The quantitative estimate of drug-likeness (QED) is 0.483. The molecule has 7 heteroatoms. The lowest BCUT2D eigenvalue weighted by Crippen LogP contribution is -2.36. The third-order valence-electron chi connectivity index (χ3n) is 6.26. The molecule has 0 fully saturated rings. The van der Waals surface area contributed by atoms with Crippen molar-refractivity contribution in [3.63, 3.8) is 0 Å². The lowest BCUT2D eigenvalue weighted by Gasteiger charge is -2.28. The van der Waals surface area contributed by atoms with Crippen LogP contribution in [0.3, 0.4) is 0 Å². The highest BCUT2D eigenvalue weighted by Crippen LogP contribution is 2.27. The monoisotopic (exact) mass is 459 g/mol. The third kappa shape index (κ3) is 3.93. The molecule has 33 heavy (non-hydrogen) atoms. The first-order valence-electron chi connectivity index (χ1n) is 11.0. The Morgan fingerprint density at radius 2 is 1.73 bits per heavy atom. The van der Waals surface area contributed by atoms with E-state index in [4.69, 9.17) is 0 Å². The van der Waals surface area contributed by atoms with Crippen molar-refractivity contribution in [2.45, 2.75) is 37.0 Å². The van der Waals surface area contributed by atoms with E-state index < -0.39 is 15.1 Å². The van der Waals surface area contributed by atoms with Crippen LogP contribution >= 0.6 is 0 Å². The number of hydrogen-bond donors (Lipinski definition) is 1. The van der Waals surface area contributed by atoms with Gasteiger partial charge >= 0.3 is 0 Å². The SMILES string of the molecule is CC(C)S(=O)(=O)c1ccc(-c2cnc3[nH]c(C(=O)N4CCc5ccccc5C4)cc3c2)cc1. The van der Waals surface area contributed by atoms with Gasteiger partial charge in [-0.2, -0.15) is 0 Å². The topological polar surface area (TPSA) is 83.1 Å². The molecule has 6 nitrogen and oxygen atoms in total. The van der Waals surface area contributed by atoms with Crippen molar-refractivity contribution in [2.75, 3.05) is 6.54 Å². The Hall–Kier alpha value is -3.45. The van der Waals surface area contributed by atoms with Crippen LogP contribution in [0.1, 0.15) is 35.5 Å². The van der Waals surface area contributed by atoms with E-state index in [0.717, 1.165) is 22.9 Å². The van der Waals surface area contributed by atoms with Gasteiger partial charge in [-0.1, -0.05) is 36.4 Å². The van der Waals surface area contributed by atoms with E-state index in [9.17, 15) is 13.2 Å². The summed E-state index contributed by atoms with van der Waals surface area (Å²) in [5, 5.41) is 0.373. The first-order valence-corrected chi connectivity index (χ1v) is 12.6. The van der Waals surface area contributed by atoms with Gasteiger partial charge in [-0.25, -0.2) is 13.4 Å². The summed E-state index contributed by atoms with van der Waals surface area (Å²) in [6.07, 6.45) is 2.59. The molecule has 1 amide bonds. The molecule has 5 rings (SSSR count). The molecule has 0 atom stereocenters. The van der Waals surface area contributed by atoms with Crippen molar-refractivity contribution in [1.29, 1.82) is 0 Å². The number of H-pyrrole nitrogens is 1. The van der Waals surface area contributed by atoms with Crippen LogP contribution in [0.5, 0.6) is 0 Å². The van der Waals surface area contributed by atoms with Gasteiger partial charge in [-0.3, -0.25) is 4.79 Å². The van der Waals surface area contributed by atoms with Crippen molar-refractivity contribution in [3.8, 4) is 11.1 Å². The maximum atomic E-state index is 13.1. The third-order valence-corrected chi connectivity index (χ3v) is 8.43. The first kappa shape index (κ1) is 21.4. The van der Waals surface area contributed by atoms with Gasteiger partial charge in [-0.15, -0.1) is 0 Å². The van der Waals surface area contributed by atoms with Crippen LogP contribution in [0.4, 0.5) is 0 Å². The van der Waals surface area contributed by atoms with Crippen molar-refractivity contribution >= 4 is 26.8 Å². The zero-order valence-electron chi connectivity index (χ0n) is 18.6. The van der Waals surface area contributed by atoms with Crippen LogP contribution in [-0.2, 0) is 22.8 Å². The minimum absolute atomic E-state index is 0.0349. The minimum Gasteiger partial charge on any atom is -0.335 e. The highest BCUT2D eigenvalue weighted by Gasteiger charge is 2.23. The number of aromatic nitrogens is 2. The summed E-state index contributed by atoms with van der Waals surface area (Å²) in [5.74, 6) is -0.0349. The second-order valence-electron chi connectivity index (χ2n) is 8.71. The molecule has 1 aliphatic heterocycles. The van der Waals surface area contributed by atoms with Crippen LogP contribution in [0, 0.1) is 0 Å². The fourth-order valence-electron chi connectivity index (χ4n) is 4.24. The zero-order chi connectivity index (χ0) is 23.2. The molecule has 168 valence electrons. The zero-order valence-corrected chi connectivity index (χ0v) is 19.4. The van der Waals surface area contributed by atoms with E-state index in [1.54, 1.807) is 44.3 Å². The number of pyridine rings is 1. The van der Waals surface area contributed by atoms with E-state index in [2.05, 4.69) is 22.1 Å². The number of nitrogens with one attached hydrogen (secondary N) is 1. The van der Waals surface area contributed by atoms with Crippen LogP contribution in [0.15, 0.2) is 71.8 Å². The molecule has 0 saturated carbocycles. The van der Waals surface area contributed by atoms with E-state index in [-0.39, 0.29) is 5.91 Å². The second kappa shape index (κ2) is 8.15. The number of benzene rings is 2. The summed E-state index contributed by atoms with van der Waals surface area (Å²) < 4.78 is 24.7. The van der Waals surface area contributed by atoms with Gasteiger partial charge in [-0.05, 0) is 61.2 Å². The summed E-state index contributed by atoms with van der Waals surface area (Å²) in [7, 11) is -3.31. The molecule has 0 saturated heterocycles. The number of amides is 1. The van der Waals surface area contributed by atoms with Crippen molar-refractivity contribution in [3.05, 3.63) is 83.7 Å². The fraction of sp³-hybridized carbons (Fsp3) is 0.231. The van der Waals surface area contributed by atoms with Crippen molar-refractivity contribution in [1.82, 2.24) is 14.9 Å². The Morgan fingerprint density at radius 3 is 2.45 bits per heavy atom. The van der Waals surface area contributed by atoms with Crippen LogP contribution in [0.25, 0.3) is 22.2 Å². The summed E-state index contributed by atoms with van der Waals surface area (Å²) in [4.78, 5) is 23.0. The standard InChI is InChI=1S/C26H25N3O3S/c1-17(2)33(31,32)23-9-7-19(8-10-23)22-13-21-14-24(28-25(21)27-15-22)26(30)29-12-11-18-5-3-4-6-20(18)16-29/h3-10,13-15,17H,11-12,16H2,1-2H3,(H,27,28). The van der Waals surface area contributed by atoms with Gasteiger partial charge in [0.15, 0.2) is 9.84 Å². The molecular weight excluding hydrogens is 434 g/mol. The summed E-state index contributed by atoms with van der Waals surface area (Å²) in [6.45, 7) is 4.65. The molecular formula is C26H25N3O3S. The Labute approximate surface area is 193 Å². The lowest BCUT2D eigenvalue weighted by molar-refractivity contribution is 0.0729. The Morgan fingerprint density at radius 1 is 1.00 bits per heavy atom. The molecule has 1 N–H and O–H groups in total. The molecule has 1 aliphatic rings. The van der Waals surface area contributed by atoms with E-state index in [1.165, 1.54) is 11.1 Å². The van der Waals surface area contributed by atoms with Crippen LogP contribution in [-0.4, -0.2) is 41.0 Å². The normalized spacial score (nSPS) is 14.0. The molecule has 4 aromatic rings. The van der Waals surface area contributed by atoms with Gasteiger partial charge in [0.2, 0.25) is 0 Å². The van der Waals surface area contributed by atoms with E-state index in [1.807, 2.05) is 29.2 Å². The van der Waals surface area contributed by atoms with Gasteiger partial charge in [0, 0.05) is 30.2 Å². The predicted molar refractivity (Wildman–Crippen MR) is 129 cm³/mol. The number of rotatable bonds is 4. The van der Waals surface area contributed by atoms with Crippen molar-refractivity contribution in [2.24, 2.45) is 0 Å². The minimum atomic E-state index is -3.31. The van der Waals surface area contributed by atoms with E-state index in [0.29, 0.717) is 29.3 Å². The highest BCUT2D eigenvalue weighted by atomic mass is 32.2. The average molecular weight is 460 g/mol. The summed E-state index contributed by atoms with van der Waals surface area (Å²) >= 11 is 0. The van der Waals surface area contributed by atoms with Gasteiger partial charge < -0.3 is 9.88 Å². The largest absolute Gasteiger partial charge is 0.335 e. The lowest BCUT2D eigenvalue weighted by atomic mass is 10.00. The van der Waals surface area contributed by atoms with Crippen LogP contribution in [0.2, 0.25) is 0 Å². The van der Waals surface area contributed by atoms with Gasteiger partial charge in [0.05, 0.1) is 10.1 Å². The number of sulfone groups is 1. The van der Waals surface area contributed by atoms with Gasteiger partial charge in [0.1, 0.15) is 11.3 Å². The fourth-order valence-corrected chi connectivity index (χ4v) is 5.30. The number of aromatic amines is 1. The number of carbonyl (C=O) groups excluding carboxylic acids is 1. The Balaban J connectivity index is 1.40. The Bertz CT molecular complexity index is 1450. The number of carbonyl (C=O) groups is 1. The molecule has 2 aromatic heterocycles. The number of fused-ring (bicyclic) bond motifs is 2. The van der Waals surface area contributed by atoms with Gasteiger partial charge in [0.25, 0.3) is 5.91 Å². The second-order valence-corrected chi connectivity index (χ2v) is 11.2. The summed E-state index contributed by atoms with van der Waals surface area (Å²) in [6, 6.07) is 18.9. The molecule has 0 bridgehead atoms. The molecule has 0 aliphatic carbocycles. The van der Waals surface area contributed by atoms with E-state index >= 15 is 0 Å². The number of nitrogens with zero attached hydrogens (tertiary/aromatic N) is 2. The van der Waals surface area contributed by atoms with Crippen molar-refractivity contribution < 1.29 is 13.2 Å². The number of hydrogen-bond acceptors (Lipinski definition) is 4. The first-order chi connectivity index (χ1) is 15.8. The smallest absolute Gasteiger partial charge is 0.270 e. The molecule has 3 heterocycles. The summed E-state index contributed by atoms with van der Waals surface area (Å²) in [5.41, 5.74) is 5.40. The van der Waals surface area contributed by atoms with Crippen LogP contribution < -0.4 is 0 Å². The average Bonchev–Trinajstić information content (AvgIpc) is 3.26. The maximum absolute atomic E-state index is 13.1. The molecule has 2 aromatic carbocycles. The Kier molecular flexibility index (Phi) is 5.29. The maximum Gasteiger partial charge on any atom is 0.270 e.